The first-order valence-electron chi connectivity index (χ1n) is 13.4. The van der Waals surface area contributed by atoms with Gasteiger partial charge < -0.3 is 25.6 Å². The molecule has 0 spiro atoms. The molecule has 2 aromatic heterocycles. The van der Waals surface area contributed by atoms with Crippen LogP contribution in [-0.2, 0) is 16.0 Å². The average Bonchev–Trinajstić information content (AvgIpc) is 3.36. The van der Waals surface area contributed by atoms with Gasteiger partial charge in [-0.2, -0.15) is 4.68 Å². The first-order valence-corrected chi connectivity index (χ1v) is 13.4. The Labute approximate surface area is 248 Å². The lowest BCUT2D eigenvalue weighted by molar-refractivity contribution is -0.134. The van der Waals surface area contributed by atoms with E-state index in [0.29, 0.717) is 41.7 Å². The number of likely N-dealkylation sites (N-methyl/N-ethyl adjacent to an activating group) is 1. The normalized spacial score (nSPS) is 11.1. The molecule has 0 radical (unpaired) electrons. The Balaban J connectivity index is 0.00000119. The molecule has 0 bridgehead atoms. The third-order valence-electron chi connectivity index (χ3n) is 6.16. The Morgan fingerprint density at radius 3 is 2.44 bits per heavy atom. The molecular weight excluding hydrogens is 554 g/mol. The largest absolute Gasteiger partial charge is 0.490 e. The zero-order valence-corrected chi connectivity index (χ0v) is 24.4. The summed E-state index contributed by atoms with van der Waals surface area (Å²) in [6, 6.07) is 16.5. The van der Waals surface area contributed by atoms with Crippen LogP contribution in [0.2, 0.25) is 0 Å². The van der Waals surface area contributed by atoms with Crippen LogP contribution in [0.15, 0.2) is 65.6 Å². The summed E-state index contributed by atoms with van der Waals surface area (Å²) < 4.78 is 12.8. The zero-order chi connectivity index (χ0) is 31.5. The lowest BCUT2D eigenvalue weighted by Gasteiger charge is -2.18. The van der Waals surface area contributed by atoms with Gasteiger partial charge in [-0.1, -0.05) is 36.4 Å². The Morgan fingerprint density at radius 1 is 1.14 bits per heavy atom. The fourth-order valence-electron chi connectivity index (χ4n) is 4.11. The lowest BCUT2D eigenvalue weighted by atomic mass is 9.90. The fourth-order valence-corrected chi connectivity index (χ4v) is 4.11. The van der Waals surface area contributed by atoms with Crippen molar-refractivity contribution in [1.82, 2.24) is 25.1 Å². The SMILES string of the molecule is CC(=O)O.CCOc1cc(C(Cc2ccc(C(=N)N)cc2)c2nn(-c3ncccc3C)c(=O)[nH]2)ccc1OCC(=O)NC. The second-order valence-corrected chi connectivity index (χ2v) is 9.36. The number of nitrogens with two attached hydrogens (primary N) is 1. The lowest BCUT2D eigenvalue weighted by Crippen LogP contribution is -2.25. The van der Waals surface area contributed by atoms with E-state index in [1.807, 2.05) is 44.2 Å². The molecule has 13 heteroatoms. The van der Waals surface area contributed by atoms with Crippen LogP contribution in [0, 0.1) is 12.3 Å². The van der Waals surface area contributed by atoms with Crippen LogP contribution in [-0.4, -0.2) is 62.8 Å². The molecule has 0 aliphatic heterocycles. The third kappa shape index (κ3) is 8.76. The van der Waals surface area contributed by atoms with E-state index in [2.05, 4.69) is 20.4 Å². The molecule has 2 heterocycles. The van der Waals surface area contributed by atoms with E-state index in [-0.39, 0.29) is 24.3 Å². The fraction of sp³-hybridized carbons (Fsp3) is 0.267. The van der Waals surface area contributed by atoms with E-state index in [1.165, 1.54) is 11.7 Å². The number of carbonyl (C=O) groups excluding carboxylic acids is 1. The number of H-pyrrole nitrogens is 1. The summed E-state index contributed by atoms with van der Waals surface area (Å²) in [6.45, 7) is 5.05. The number of aromatic nitrogens is 4. The summed E-state index contributed by atoms with van der Waals surface area (Å²) in [5.74, 6) is 0.306. The van der Waals surface area contributed by atoms with Crippen molar-refractivity contribution in [1.29, 1.82) is 5.41 Å². The number of carbonyl (C=O) groups is 2. The minimum Gasteiger partial charge on any atom is -0.490 e. The standard InChI is InChI=1S/C28H31N7O4.C2H4O2/c1-4-38-23-15-20(11-12-22(23)39-16-24(36)31-3)21(14-18-7-9-19(10-8-18)25(29)30)26-33-28(37)35(34-26)27-17(2)6-5-13-32-27;1-2(3)4/h5-13,15,21H,4,14,16H2,1-3H3,(H3,29,30)(H,31,36)(H,33,34,37);1H3,(H,3,4). The molecule has 0 saturated heterocycles. The first kappa shape index (κ1) is 32.1. The van der Waals surface area contributed by atoms with Crippen LogP contribution in [0.5, 0.6) is 11.5 Å². The predicted molar refractivity (Wildman–Crippen MR) is 160 cm³/mol. The predicted octanol–water partition coefficient (Wildman–Crippen LogP) is 2.54. The van der Waals surface area contributed by atoms with Gasteiger partial charge in [0, 0.05) is 31.6 Å². The van der Waals surface area contributed by atoms with Gasteiger partial charge in [0.1, 0.15) is 11.7 Å². The highest BCUT2D eigenvalue weighted by Crippen LogP contribution is 2.34. The molecule has 6 N–H and O–H groups in total. The average molecular weight is 590 g/mol. The number of amides is 1. The number of carboxylic acids is 1. The number of aromatic amines is 1. The van der Waals surface area contributed by atoms with Crippen LogP contribution >= 0.6 is 0 Å². The maximum atomic E-state index is 13.0. The van der Waals surface area contributed by atoms with Crippen molar-refractivity contribution in [3.8, 4) is 17.3 Å². The number of ether oxygens (including phenoxy) is 2. The van der Waals surface area contributed by atoms with Crippen LogP contribution < -0.4 is 26.2 Å². The van der Waals surface area contributed by atoms with Crippen molar-refractivity contribution < 1.29 is 24.2 Å². The second kappa shape index (κ2) is 15.0. The van der Waals surface area contributed by atoms with Gasteiger partial charge in [0.05, 0.1) is 6.61 Å². The quantitative estimate of drug-likeness (QED) is 0.129. The molecule has 4 aromatic rings. The maximum absolute atomic E-state index is 13.0. The van der Waals surface area contributed by atoms with Crippen molar-refractivity contribution in [2.45, 2.75) is 33.1 Å². The molecular formula is C30H35N7O6. The topological polar surface area (TPSA) is 198 Å². The number of benzene rings is 2. The summed E-state index contributed by atoms with van der Waals surface area (Å²) in [6.07, 6.45) is 2.10. The molecule has 1 atom stereocenters. The number of pyridine rings is 1. The maximum Gasteiger partial charge on any atom is 0.349 e. The van der Waals surface area contributed by atoms with Gasteiger partial charge in [-0.3, -0.25) is 20.0 Å². The summed E-state index contributed by atoms with van der Waals surface area (Å²) in [5.41, 5.74) is 8.42. The molecule has 0 fully saturated rings. The highest BCUT2D eigenvalue weighted by molar-refractivity contribution is 5.94. The smallest absolute Gasteiger partial charge is 0.349 e. The highest BCUT2D eigenvalue weighted by atomic mass is 16.5. The van der Waals surface area contributed by atoms with E-state index in [0.717, 1.165) is 23.6 Å². The molecule has 13 nitrogen and oxygen atoms in total. The van der Waals surface area contributed by atoms with Gasteiger partial charge in [-0.15, -0.1) is 5.10 Å². The van der Waals surface area contributed by atoms with Gasteiger partial charge in [0.2, 0.25) is 0 Å². The number of carboxylic acid groups (broad SMARTS) is 1. The zero-order valence-electron chi connectivity index (χ0n) is 24.4. The molecule has 2 aromatic carbocycles. The molecule has 4 rings (SSSR count). The third-order valence-corrected chi connectivity index (χ3v) is 6.16. The molecule has 1 unspecified atom stereocenters. The van der Waals surface area contributed by atoms with Crippen LogP contribution in [0.4, 0.5) is 0 Å². The number of nitrogen functional groups attached to an aromatic ring is 1. The van der Waals surface area contributed by atoms with E-state index in [9.17, 15) is 9.59 Å². The van der Waals surface area contributed by atoms with E-state index in [1.54, 1.807) is 30.5 Å². The van der Waals surface area contributed by atoms with Gasteiger partial charge >= 0.3 is 5.69 Å². The molecule has 226 valence electrons. The van der Waals surface area contributed by atoms with Crippen LogP contribution in [0.3, 0.4) is 0 Å². The number of hydrogen-bond acceptors (Lipinski definition) is 8. The van der Waals surface area contributed by atoms with Crippen molar-refractivity contribution in [2.75, 3.05) is 20.3 Å². The molecule has 0 saturated carbocycles. The second-order valence-electron chi connectivity index (χ2n) is 9.36. The monoisotopic (exact) mass is 589 g/mol. The van der Waals surface area contributed by atoms with Gasteiger partial charge in [-0.25, -0.2) is 9.78 Å². The number of amidine groups is 1. The van der Waals surface area contributed by atoms with Gasteiger partial charge in [0.15, 0.2) is 23.9 Å². The van der Waals surface area contributed by atoms with Crippen molar-refractivity contribution in [2.24, 2.45) is 5.73 Å². The highest BCUT2D eigenvalue weighted by Gasteiger charge is 2.23. The first-order chi connectivity index (χ1) is 20.5. The number of rotatable bonds is 11. The Hall–Kier alpha value is -5.46. The summed E-state index contributed by atoms with van der Waals surface area (Å²) in [4.78, 5) is 40.9. The summed E-state index contributed by atoms with van der Waals surface area (Å²) in [7, 11) is 1.54. The minimum atomic E-state index is -0.833. The van der Waals surface area contributed by atoms with Gasteiger partial charge in [-0.05, 0) is 55.2 Å². The number of nitrogens with zero attached hydrogens (tertiary/aromatic N) is 3. The Bertz CT molecular complexity index is 1620. The number of aryl methyl sites for hydroxylation is 1. The molecule has 0 aliphatic carbocycles. The Kier molecular flexibility index (Phi) is 11.2. The molecule has 1 amide bonds. The van der Waals surface area contributed by atoms with Gasteiger partial charge in [0.25, 0.3) is 11.9 Å². The van der Waals surface area contributed by atoms with Crippen molar-refractivity contribution in [3.63, 3.8) is 0 Å². The van der Waals surface area contributed by atoms with Crippen LogP contribution in [0.1, 0.15) is 47.8 Å². The Morgan fingerprint density at radius 2 is 1.84 bits per heavy atom. The number of nitrogens with one attached hydrogen (secondary N) is 3. The number of aliphatic carboxylic acids is 1. The van der Waals surface area contributed by atoms with Crippen LogP contribution in [0.25, 0.3) is 5.82 Å². The van der Waals surface area contributed by atoms with Crippen molar-refractivity contribution in [3.05, 3.63) is 99.4 Å². The van der Waals surface area contributed by atoms with E-state index < -0.39 is 11.7 Å². The van der Waals surface area contributed by atoms with Crippen molar-refractivity contribution >= 4 is 17.7 Å². The number of hydrogen-bond donors (Lipinski definition) is 5. The summed E-state index contributed by atoms with van der Waals surface area (Å²) >= 11 is 0. The molecule has 43 heavy (non-hydrogen) atoms. The van der Waals surface area contributed by atoms with E-state index >= 15 is 0 Å². The van der Waals surface area contributed by atoms with E-state index in [4.69, 9.17) is 30.5 Å². The minimum absolute atomic E-state index is 0.0133. The summed E-state index contributed by atoms with van der Waals surface area (Å²) in [5, 5.41) is 22.2. The molecule has 0 aliphatic rings.